The van der Waals surface area contributed by atoms with E-state index in [0.717, 1.165) is 18.7 Å². The molecule has 0 aliphatic heterocycles. The number of benzene rings is 1. The molecule has 0 unspecified atom stereocenters. The molecule has 16 heavy (non-hydrogen) atoms. The highest BCUT2D eigenvalue weighted by Gasteiger charge is 2.03. The van der Waals surface area contributed by atoms with Crippen LogP contribution in [0.2, 0.25) is 0 Å². The van der Waals surface area contributed by atoms with Gasteiger partial charge in [-0.15, -0.1) is 0 Å². The van der Waals surface area contributed by atoms with Crippen LogP contribution >= 0.6 is 0 Å². The zero-order chi connectivity index (χ0) is 12.1. The molecule has 0 aliphatic carbocycles. The van der Waals surface area contributed by atoms with Crippen molar-refractivity contribution in [1.82, 2.24) is 9.80 Å². The van der Waals surface area contributed by atoms with Crippen LogP contribution in [-0.2, 0) is 19.7 Å². The molecule has 0 aromatic heterocycles. The third kappa shape index (κ3) is 4.31. The molecule has 0 heterocycles. The number of nitrogens with zero attached hydrogens (tertiary/aromatic N) is 2. The van der Waals surface area contributed by atoms with Crippen molar-refractivity contribution >= 4 is 0 Å². The van der Waals surface area contributed by atoms with Gasteiger partial charge in [-0.3, -0.25) is 0 Å². The summed E-state index contributed by atoms with van der Waals surface area (Å²) < 4.78 is 0. The van der Waals surface area contributed by atoms with E-state index in [0.29, 0.717) is 0 Å². The highest BCUT2D eigenvalue weighted by atomic mass is 16.3. The minimum atomic E-state index is 0.113. The van der Waals surface area contributed by atoms with Gasteiger partial charge in [-0.05, 0) is 44.9 Å². The second-order valence-electron chi connectivity index (χ2n) is 4.79. The lowest BCUT2D eigenvalue weighted by Crippen LogP contribution is -2.13. The lowest BCUT2D eigenvalue weighted by atomic mass is 10.1. The summed E-state index contributed by atoms with van der Waals surface area (Å²) >= 11 is 0. The van der Waals surface area contributed by atoms with Gasteiger partial charge in [0.15, 0.2) is 0 Å². The Morgan fingerprint density at radius 1 is 0.812 bits per heavy atom. The summed E-state index contributed by atoms with van der Waals surface area (Å²) in [5.41, 5.74) is 3.51. The normalized spacial score (nSPS) is 11.4. The maximum Gasteiger partial charge on any atom is 0.0682 e. The third-order valence-corrected chi connectivity index (χ3v) is 2.29. The van der Waals surface area contributed by atoms with Gasteiger partial charge in [0.25, 0.3) is 0 Å². The summed E-state index contributed by atoms with van der Waals surface area (Å²) in [5, 5.41) is 9.23. The lowest BCUT2D eigenvalue weighted by molar-refractivity contribution is 0.281. The van der Waals surface area contributed by atoms with Gasteiger partial charge in [-0.25, -0.2) is 0 Å². The second-order valence-corrected chi connectivity index (χ2v) is 4.79. The van der Waals surface area contributed by atoms with Gasteiger partial charge in [0.2, 0.25) is 0 Å². The molecule has 3 heteroatoms. The molecule has 1 N–H and O–H groups in total. The maximum atomic E-state index is 9.23. The number of aliphatic hydroxyl groups excluding tert-OH is 1. The summed E-state index contributed by atoms with van der Waals surface area (Å²) in [7, 11) is 8.21. The zero-order valence-corrected chi connectivity index (χ0v) is 10.7. The Bertz CT molecular complexity index is 306. The van der Waals surface area contributed by atoms with Crippen LogP contribution < -0.4 is 0 Å². The molecule has 0 amide bonds. The lowest BCUT2D eigenvalue weighted by Gasteiger charge is -2.15. The Labute approximate surface area is 98.3 Å². The fourth-order valence-corrected chi connectivity index (χ4v) is 1.84. The summed E-state index contributed by atoms with van der Waals surface area (Å²) in [5.74, 6) is 0. The first-order valence-corrected chi connectivity index (χ1v) is 5.53. The Balaban J connectivity index is 2.91. The van der Waals surface area contributed by atoms with Crippen LogP contribution in [0.25, 0.3) is 0 Å². The van der Waals surface area contributed by atoms with Crippen LogP contribution in [0.5, 0.6) is 0 Å². The van der Waals surface area contributed by atoms with E-state index in [1.54, 1.807) is 0 Å². The van der Waals surface area contributed by atoms with E-state index in [1.807, 2.05) is 0 Å². The van der Waals surface area contributed by atoms with Crippen molar-refractivity contribution in [1.29, 1.82) is 0 Å². The van der Waals surface area contributed by atoms with E-state index in [9.17, 15) is 5.11 Å². The van der Waals surface area contributed by atoms with Gasteiger partial charge >= 0.3 is 0 Å². The summed E-state index contributed by atoms with van der Waals surface area (Å²) in [4.78, 5) is 4.27. The first kappa shape index (κ1) is 13.2. The van der Waals surface area contributed by atoms with Crippen molar-refractivity contribution < 1.29 is 5.11 Å². The van der Waals surface area contributed by atoms with E-state index >= 15 is 0 Å². The molecule has 1 aromatic rings. The summed E-state index contributed by atoms with van der Waals surface area (Å²) in [6.45, 7) is 1.93. The Morgan fingerprint density at radius 2 is 1.19 bits per heavy atom. The summed E-state index contributed by atoms with van der Waals surface area (Å²) in [6, 6.07) is 6.34. The average Bonchev–Trinajstić information content (AvgIpc) is 2.14. The van der Waals surface area contributed by atoms with Gasteiger partial charge < -0.3 is 14.9 Å². The van der Waals surface area contributed by atoms with Crippen LogP contribution in [0.1, 0.15) is 16.7 Å². The smallest absolute Gasteiger partial charge is 0.0682 e. The molecule has 0 bridgehead atoms. The van der Waals surface area contributed by atoms with E-state index in [1.165, 1.54) is 11.1 Å². The van der Waals surface area contributed by atoms with Gasteiger partial charge in [0.05, 0.1) is 6.61 Å². The van der Waals surface area contributed by atoms with Crippen molar-refractivity contribution in [2.24, 2.45) is 0 Å². The monoisotopic (exact) mass is 222 g/mol. The fourth-order valence-electron chi connectivity index (χ4n) is 1.84. The molecule has 3 nitrogen and oxygen atoms in total. The topological polar surface area (TPSA) is 26.7 Å². The van der Waals surface area contributed by atoms with Gasteiger partial charge in [0.1, 0.15) is 0 Å². The van der Waals surface area contributed by atoms with Crippen LogP contribution in [0, 0.1) is 0 Å². The molecular formula is C13H22N2O. The van der Waals surface area contributed by atoms with E-state index in [2.05, 4.69) is 56.2 Å². The Kier molecular flexibility index (Phi) is 4.93. The molecule has 0 radical (unpaired) electrons. The van der Waals surface area contributed by atoms with Gasteiger partial charge in [-0.2, -0.15) is 0 Å². The van der Waals surface area contributed by atoms with Crippen LogP contribution in [-0.4, -0.2) is 43.1 Å². The van der Waals surface area contributed by atoms with Gasteiger partial charge in [-0.1, -0.05) is 18.2 Å². The maximum absolute atomic E-state index is 9.23. The molecule has 0 fully saturated rings. The van der Waals surface area contributed by atoms with Crippen molar-refractivity contribution in [2.75, 3.05) is 28.2 Å². The van der Waals surface area contributed by atoms with E-state index < -0.39 is 0 Å². The van der Waals surface area contributed by atoms with Crippen molar-refractivity contribution in [3.05, 3.63) is 34.9 Å². The molecule has 90 valence electrons. The Morgan fingerprint density at radius 3 is 1.50 bits per heavy atom. The minimum Gasteiger partial charge on any atom is -0.392 e. The molecule has 0 aliphatic rings. The first-order chi connectivity index (χ1) is 7.51. The number of aliphatic hydroxyl groups is 1. The molecule has 0 spiro atoms. The molecule has 0 saturated heterocycles. The third-order valence-electron chi connectivity index (χ3n) is 2.29. The van der Waals surface area contributed by atoms with Crippen LogP contribution in [0.4, 0.5) is 0 Å². The first-order valence-electron chi connectivity index (χ1n) is 5.53. The molecule has 1 aromatic carbocycles. The second kappa shape index (κ2) is 5.99. The predicted molar refractivity (Wildman–Crippen MR) is 67.1 cm³/mol. The van der Waals surface area contributed by atoms with E-state index in [4.69, 9.17) is 0 Å². The van der Waals surface area contributed by atoms with Gasteiger partial charge in [0, 0.05) is 13.1 Å². The molecule has 1 rings (SSSR count). The number of hydrogen-bond donors (Lipinski definition) is 1. The number of hydrogen-bond acceptors (Lipinski definition) is 3. The SMILES string of the molecule is CN(C)Cc1cc(CO)cc(CN(C)C)c1. The predicted octanol–water partition coefficient (Wildman–Crippen LogP) is 1.30. The van der Waals surface area contributed by atoms with Crippen molar-refractivity contribution in [2.45, 2.75) is 19.7 Å². The average molecular weight is 222 g/mol. The minimum absolute atomic E-state index is 0.113. The highest BCUT2D eigenvalue weighted by molar-refractivity contribution is 5.30. The van der Waals surface area contributed by atoms with Crippen molar-refractivity contribution in [3.8, 4) is 0 Å². The summed E-state index contributed by atoms with van der Waals surface area (Å²) in [6.07, 6.45) is 0. The van der Waals surface area contributed by atoms with Crippen LogP contribution in [0.3, 0.4) is 0 Å². The fraction of sp³-hybridized carbons (Fsp3) is 0.538. The molecular weight excluding hydrogens is 200 g/mol. The van der Waals surface area contributed by atoms with Crippen LogP contribution in [0.15, 0.2) is 18.2 Å². The molecule has 0 atom stereocenters. The zero-order valence-electron chi connectivity index (χ0n) is 10.7. The standard InChI is InChI=1S/C13H22N2O/c1-14(2)8-11-5-12(9-15(3)4)7-13(6-11)10-16/h5-7,16H,8-10H2,1-4H3. The Hall–Kier alpha value is -0.900. The molecule has 0 saturated carbocycles. The van der Waals surface area contributed by atoms with E-state index in [-0.39, 0.29) is 6.61 Å². The van der Waals surface area contributed by atoms with Crippen molar-refractivity contribution in [3.63, 3.8) is 0 Å². The quantitative estimate of drug-likeness (QED) is 0.813. The largest absolute Gasteiger partial charge is 0.392 e. The number of rotatable bonds is 5. The highest BCUT2D eigenvalue weighted by Crippen LogP contribution is 2.13.